The number of nitrogens with two attached hydrogens (primary N) is 2. The van der Waals surface area contributed by atoms with E-state index in [1.165, 1.54) is 6.92 Å². The number of hydrogen-bond acceptors (Lipinski definition) is 5. The Bertz CT molecular complexity index is 408. The van der Waals surface area contributed by atoms with Crippen molar-refractivity contribution in [2.24, 2.45) is 17.4 Å². The van der Waals surface area contributed by atoms with Crippen LogP contribution in [0.3, 0.4) is 0 Å². The number of rotatable bonds is 7. The molecule has 0 aromatic heterocycles. The summed E-state index contributed by atoms with van der Waals surface area (Å²) in [5, 5.41) is 8.77. The van der Waals surface area contributed by atoms with E-state index in [2.05, 4.69) is 0 Å². The summed E-state index contributed by atoms with van der Waals surface area (Å²) in [7, 11) is 0. The van der Waals surface area contributed by atoms with E-state index in [0.717, 1.165) is 4.90 Å². The van der Waals surface area contributed by atoms with Crippen LogP contribution in [-0.2, 0) is 19.2 Å². The van der Waals surface area contributed by atoms with Crippen molar-refractivity contribution in [1.82, 2.24) is 4.90 Å². The van der Waals surface area contributed by atoms with Crippen LogP contribution in [0, 0.1) is 5.92 Å². The lowest BCUT2D eigenvalue weighted by molar-refractivity contribution is -0.154. The Morgan fingerprint density at radius 3 is 2.00 bits per heavy atom. The number of amides is 3. The van der Waals surface area contributed by atoms with Crippen molar-refractivity contribution in [1.29, 1.82) is 0 Å². The SMILES string of the molecule is CCC(=O)N(C(=O)C(C)C)[C@H](CC(N)C(=O)O)C(N)=O. The average Bonchev–Trinajstić information content (AvgIpc) is 2.36. The molecule has 0 saturated heterocycles. The number of nitrogens with zero attached hydrogens (tertiary/aromatic N) is 1. The molecule has 20 heavy (non-hydrogen) atoms. The summed E-state index contributed by atoms with van der Waals surface area (Å²) in [4.78, 5) is 46.9. The number of hydrogen-bond donors (Lipinski definition) is 3. The van der Waals surface area contributed by atoms with E-state index in [-0.39, 0.29) is 6.42 Å². The minimum absolute atomic E-state index is 0.00938. The molecule has 1 unspecified atom stereocenters. The maximum Gasteiger partial charge on any atom is 0.320 e. The highest BCUT2D eigenvalue weighted by Gasteiger charge is 2.36. The number of carboxylic acid groups (broad SMARTS) is 1. The van der Waals surface area contributed by atoms with Crippen molar-refractivity contribution in [3.63, 3.8) is 0 Å². The molecule has 0 radical (unpaired) electrons. The molecule has 0 aliphatic carbocycles. The summed E-state index contributed by atoms with van der Waals surface area (Å²) >= 11 is 0. The van der Waals surface area contributed by atoms with Gasteiger partial charge >= 0.3 is 5.97 Å². The van der Waals surface area contributed by atoms with E-state index in [1.54, 1.807) is 13.8 Å². The molecular formula is C12H21N3O5. The van der Waals surface area contributed by atoms with Gasteiger partial charge in [-0.3, -0.25) is 24.1 Å². The maximum atomic E-state index is 12.0. The molecule has 0 aliphatic rings. The largest absolute Gasteiger partial charge is 0.480 e. The van der Waals surface area contributed by atoms with Crippen LogP contribution >= 0.6 is 0 Å². The van der Waals surface area contributed by atoms with E-state index in [4.69, 9.17) is 16.6 Å². The fourth-order valence-corrected chi connectivity index (χ4v) is 1.59. The second-order valence-corrected chi connectivity index (χ2v) is 4.71. The molecule has 0 saturated carbocycles. The van der Waals surface area contributed by atoms with Crippen LogP contribution in [0.1, 0.15) is 33.6 Å². The predicted octanol–water partition coefficient (Wildman–Crippen LogP) is -0.936. The summed E-state index contributed by atoms with van der Waals surface area (Å²) < 4.78 is 0. The second kappa shape index (κ2) is 7.59. The van der Waals surface area contributed by atoms with Crippen LogP contribution in [0.25, 0.3) is 0 Å². The minimum Gasteiger partial charge on any atom is -0.480 e. The van der Waals surface area contributed by atoms with Crippen LogP contribution in [0.15, 0.2) is 0 Å². The molecule has 5 N–H and O–H groups in total. The third-order valence-electron chi connectivity index (χ3n) is 2.74. The van der Waals surface area contributed by atoms with Gasteiger partial charge in [-0.15, -0.1) is 0 Å². The van der Waals surface area contributed by atoms with Gasteiger partial charge in [0.25, 0.3) is 0 Å². The van der Waals surface area contributed by atoms with E-state index in [9.17, 15) is 19.2 Å². The van der Waals surface area contributed by atoms with Gasteiger partial charge < -0.3 is 16.6 Å². The number of aliphatic carboxylic acids is 1. The molecule has 0 bridgehead atoms. The van der Waals surface area contributed by atoms with Crippen LogP contribution in [0.4, 0.5) is 0 Å². The zero-order chi connectivity index (χ0) is 16.0. The number of carbonyl (C=O) groups is 4. The average molecular weight is 287 g/mol. The quantitative estimate of drug-likeness (QED) is 0.551. The molecule has 0 heterocycles. The maximum absolute atomic E-state index is 12.0. The van der Waals surface area contributed by atoms with Crippen LogP contribution in [0.2, 0.25) is 0 Å². The van der Waals surface area contributed by atoms with Crippen molar-refractivity contribution >= 4 is 23.7 Å². The molecule has 8 nitrogen and oxygen atoms in total. The molecule has 0 aromatic carbocycles. The summed E-state index contributed by atoms with van der Waals surface area (Å²) in [6.45, 7) is 4.65. The Labute approximate surface area is 117 Å². The number of carboxylic acids is 1. The highest BCUT2D eigenvalue weighted by molar-refractivity contribution is 6.00. The molecule has 3 amide bonds. The Morgan fingerprint density at radius 1 is 1.20 bits per heavy atom. The molecule has 8 heteroatoms. The van der Waals surface area contributed by atoms with Gasteiger partial charge in [0.1, 0.15) is 12.1 Å². The van der Waals surface area contributed by atoms with Gasteiger partial charge in [0.15, 0.2) is 0 Å². The highest BCUT2D eigenvalue weighted by Crippen LogP contribution is 2.13. The summed E-state index contributed by atoms with van der Waals surface area (Å²) in [6.07, 6.45) is -0.417. The smallest absolute Gasteiger partial charge is 0.320 e. The van der Waals surface area contributed by atoms with Gasteiger partial charge in [-0.05, 0) is 0 Å². The first-order valence-corrected chi connectivity index (χ1v) is 6.27. The van der Waals surface area contributed by atoms with Crippen molar-refractivity contribution < 1.29 is 24.3 Å². The summed E-state index contributed by atoms with van der Waals surface area (Å²) in [6, 6.07) is -2.75. The zero-order valence-electron chi connectivity index (χ0n) is 11.8. The van der Waals surface area contributed by atoms with Crippen LogP contribution < -0.4 is 11.5 Å². The van der Waals surface area contributed by atoms with E-state index >= 15 is 0 Å². The second-order valence-electron chi connectivity index (χ2n) is 4.71. The van der Waals surface area contributed by atoms with E-state index in [0.29, 0.717) is 0 Å². The Hall–Kier alpha value is -1.96. The Morgan fingerprint density at radius 2 is 1.70 bits per heavy atom. The van der Waals surface area contributed by atoms with Gasteiger partial charge in [0.05, 0.1) is 0 Å². The molecule has 0 rings (SSSR count). The van der Waals surface area contributed by atoms with Gasteiger partial charge in [-0.2, -0.15) is 0 Å². The fraction of sp³-hybridized carbons (Fsp3) is 0.667. The first kappa shape index (κ1) is 18.0. The number of carbonyl (C=O) groups excluding carboxylic acids is 3. The molecule has 2 atom stereocenters. The molecule has 114 valence electrons. The minimum atomic E-state index is -1.39. The Kier molecular flexibility index (Phi) is 6.84. The molecule has 0 aliphatic heterocycles. The standard InChI is InChI=1S/C12H21N3O5/c1-4-9(16)15(11(18)6(2)3)8(10(14)17)5-7(13)12(19)20/h6-8H,4-5,13H2,1-3H3,(H2,14,17)(H,19,20)/t7?,8-/m1/s1. The molecule has 0 spiro atoms. The third-order valence-corrected chi connectivity index (χ3v) is 2.74. The van der Waals surface area contributed by atoms with Crippen LogP contribution in [0.5, 0.6) is 0 Å². The molecule has 0 fully saturated rings. The highest BCUT2D eigenvalue weighted by atomic mass is 16.4. The normalized spacial score (nSPS) is 13.7. The lowest BCUT2D eigenvalue weighted by Crippen LogP contribution is -2.54. The van der Waals surface area contributed by atoms with E-state index < -0.39 is 48.1 Å². The fourth-order valence-electron chi connectivity index (χ4n) is 1.59. The van der Waals surface area contributed by atoms with Gasteiger partial charge in [-0.25, -0.2) is 0 Å². The summed E-state index contributed by atoms with van der Waals surface area (Å²) in [5.41, 5.74) is 10.5. The van der Waals surface area contributed by atoms with Crippen molar-refractivity contribution in [3.8, 4) is 0 Å². The van der Waals surface area contributed by atoms with E-state index in [1.807, 2.05) is 0 Å². The first-order chi connectivity index (χ1) is 9.13. The van der Waals surface area contributed by atoms with Crippen molar-refractivity contribution in [2.75, 3.05) is 0 Å². The zero-order valence-corrected chi connectivity index (χ0v) is 11.8. The lowest BCUT2D eigenvalue weighted by Gasteiger charge is -2.30. The monoisotopic (exact) mass is 287 g/mol. The van der Waals surface area contributed by atoms with Crippen molar-refractivity contribution in [2.45, 2.75) is 45.7 Å². The van der Waals surface area contributed by atoms with Gasteiger partial charge in [0, 0.05) is 18.8 Å². The number of imide groups is 1. The molecule has 0 aromatic rings. The summed E-state index contributed by atoms with van der Waals surface area (Å²) in [5.74, 6) is -4.01. The van der Waals surface area contributed by atoms with Crippen molar-refractivity contribution in [3.05, 3.63) is 0 Å². The molecular weight excluding hydrogens is 266 g/mol. The van der Waals surface area contributed by atoms with Gasteiger partial charge in [0.2, 0.25) is 17.7 Å². The van der Waals surface area contributed by atoms with Gasteiger partial charge in [-0.1, -0.05) is 20.8 Å². The first-order valence-electron chi connectivity index (χ1n) is 6.27. The number of primary amides is 1. The topological polar surface area (TPSA) is 144 Å². The third kappa shape index (κ3) is 4.61. The predicted molar refractivity (Wildman–Crippen MR) is 70.2 cm³/mol. The Balaban J connectivity index is 5.44. The lowest BCUT2D eigenvalue weighted by atomic mass is 10.0. The van der Waals surface area contributed by atoms with Crippen LogP contribution in [-0.4, -0.2) is 45.8 Å².